The van der Waals surface area contributed by atoms with Crippen LogP contribution in [0.15, 0.2) is 60.0 Å². The lowest BCUT2D eigenvalue weighted by Gasteiger charge is -2.26. The summed E-state index contributed by atoms with van der Waals surface area (Å²) in [5.74, 6) is -0.0101. The number of hydrogen-bond donors (Lipinski definition) is 1. The zero-order valence-electron chi connectivity index (χ0n) is 17.2. The first-order valence-electron chi connectivity index (χ1n) is 10.4. The Kier molecular flexibility index (Phi) is 6.89. The largest absolute Gasteiger partial charge is 0.379 e. The number of morpholine rings is 1. The quantitative estimate of drug-likeness (QED) is 0.625. The molecule has 1 aromatic heterocycles. The van der Waals surface area contributed by atoms with Gasteiger partial charge in [-0.05, 0) is 18.1 Å². The number of ether oxygens (including phenoxy) is 1. The van der Waals surface area contributed by atoms with Gasteiger partial charge in [-0.2, -0.15) is 0 Å². The number of nitrogens with one attached hydrogen (secondary N) is 1. The molecule has 4 rings (SSSR count). The van der Waals surface area contributed by atoms with Crippen molar-refractivity contribution >= 4 is 17.2 Å². The minimum atomic E-state index is -0.0178. The van der Waals surface area contributed by atoms with E-state index in [2.05, 4.69) is 39.5 Å². The molecule has 2 aromatic carbocycles. The number of benzene rings is 2. The molecule has 1 N–H and O–H groups in total. The highest BCUT2D eigenvalue weighted by atomic mass is 32.1. The van der Waals surface area contributed by atoms with E-state index in [9.17, 15) is 4.79 Å². The van der Waals surface area contributed by atoms with Crippen LogP contribution < -0.4 is 5.32 Å². The molecule has 1 amide bonds. The fourth-order valence-corrected chi connectivity index (χ4v) is 4.40. The van der Waals surface area contributed by atoms with Crippen LogP contribution >= 0.6 is 11.3 Å². The monoisotopic (exact) mass is 421 g/mol. The van der Waals surface area contributed by atoms with Crippen LogP contribution in [0, 0.1) is 0 Å². The highest BCUT2D eigenvalue weighted by Gasteiger charge is 2.13. The van der Waals surface area contributed by atoms with Crippen LogP contribution in [0.2, 0.25) is 0 Å². The van der Waals surface area contributed by atoms with Gasteiger partial charge < -0.3 is 10.1 Å². The molecule has 0 bridgehead atoms. The van der Waals surface area contributed by atoms with Crippen LogP contribution in [0.25, 0.3) is 10.6 Å². The molecule has 0 saturated carbocycles. The molecule has 1 fully saturated rings. The van der Waals surface area contributed by atoms with Crippen molar-refractivity contribution < 1.29 is 9.53 Å². The number of hydrogen-bond acceptors (Lipinski definition) is 5. The number of aromatic nitrogens is 1. The molecular formula is C24H27N3O2S. The smallest absolute Gasteiger partial charge is 0.226 e. The highest BCUT2D eigenvalue weighted by molar-refractivity contribution is 7.13. The molecule has 0 spiro atoms. The van der Waals surface area contributed by atoms with Crippen LogP contribution in [0.5, 0.6) is 0 Å². The first-order chi connectivity index (χ1) is 14.7. The minimum Gasteiger partial charge on any atom is -0.379 e. The summed E-state index contributed by atoms with van der Waals surface area (Å²) in [6.07, 6.45) is 0.294. The lowest BCUT2D eigenvalue weighted by molar-refractivity contribution is -0.121. The fourth-order valence-electron chi connectivity index (χ4n) is 3.57. The number of rotatable bonds is 7. The van der Waals surface area contributed by atoms with Gasteiger partial charge in [-0.3, -0.25) is 9.69 Å². The van der Waals surface area contributed by atoms with Crippen LogP contribution in [0.3, 0.4) is 0 Å². The average molecular weight is 422 g/mol. The summed E-state index contributed by atoms with van der Waals surface area (Å²) >= 11 is 1.58. The number of thiazole rings is 1. The normalized spacial score (nSPS) is 15.6. The van der Waals surface area contributed by atoms with Gasteiger partial charge in [0.25, 0.3) is 0 Å². The van der Waals surface area contributed by atoms with Crippen LogP contribution in [0.4, 0.5) is 0 Å². The molecule has 0 aliphatic carbocycles. The molecule has 1 aliphatic rings. The Hall–Kier alpha value is -2.54. The van der Waals surface area contributed by atoms with Gasteiger partial charge in [0.2, 0.25) is 5.91 Å². The topological polar surface area (TPSA) is 54.5 Å². The van der Waals surface area contributed by atoms with E-state index in [0.29, 0.717) is 6.42 Å². The van der Waals surface area contributed by atoms with E-state index in [1.807, 2.05) is 42.6 Å². The second kappa shape index (κ2) is 9.98. The van der Waals surface area contributed by atoms with Crippen molar-refractivity contribution in [3.05, 3.63) is 76.8 Å². The van der Waals surface area contributed by atoms with Crippen molar-refractivity contribution in [3.63, 3.8) is 0 Å². The molecule has 1 unspecified atom stereocenters. The summed E-state index contributed by atoms with van der Waals surface area (Å²) < 4.78 is 5.41. The van der Waals surface area contributed by atoms with E-state index in [1.54, 1.807) is 11.3 Å². The third-order valence-corrected chi connectivity index (χ3v) is 6.22. The zero-order chi connectivity index (χ0) is 20.8. The van der Waals surface area contributed by atoms with Crippen molar-refractivity contribution in [1.82, 2.24) is 15.2 Å². The molecule has 2 heterocycles. The lowest BCUT2D eigenvalue weighted by atomic mass is 10.1. The molecule has 6 heteroatoms. The fraction of sp³-hybridized carbons (Fsp3) is 0.333. The Morgan fingerprint density at radius 2 is 1.87 bits per heavy atom. The molecule has 156 valence electrons. The molecule has 1 saturated heterocycles. The van der Waals surface area contributed by atoms with Crippen LogP contribution in [-0.4, -0.2) is 42.1 Å². The van der Waals surface area contributed by atoms with Gasteiger partial charge >= 0.3 is 0 Å². The second-order valence-corrected chi connectivity index (χ2v) is 8.46. The van der Waals surface area contributed by atoms with E-state index >= 15 is 0 Å². The van der Waals surface area contributed by atoms with Gasteiger partial charge in [0.15, 0.2) is 0 Å². The van der Waals surface area contributed by atoms with E-state index in [-0.39, 0.29) is 11.9 Å². The van der Waals surface area contributed by atoms with Gasteiger partial charge in [0.1, 0.15) is 5.01 Å². The molecular weight excluding hydrogens is 394 g/mol. The molecule has 30 heavy (non-hydrogen) atoms. The maximum atomic E-state index is 12.4. The molecule has 1 aliphatic heterocycles. The predicted molar refractivity (Wildman–Crippen MR) is 120 cm³/mol. The second-order valence-electron chi connectivity index (χ2n) is 7.61. The standard InChI is InChI=1S/C24H27N3O2S/c1-18(20-5-3-2-4-6-20)25-23(28)15-22-17-30-24(26-22)21-9-7-19(8-10-21)16-27-11-13-29-14-12-27/h2-10,17-18H,11-16H2,1H3,(H,25,28). The van der Waals surface area contributed by atoms with E-state index in [1.165, 1.54) is 5.56 Å². The van der Waals surface area contributed by atoms with Crippen molar-refractivity contribution in [2.75, 3.05) is 26.3 Å². The van der Waals surface area contributed by atoms with Crippen molar-refractivity contribution in [3.8, 4) is 10.6 Å². The number of carbonyl (C=O) groups excluding carboxylic acids is 1. The Bertz CT molecular complexity index is 950. The van der Waals surface area contributed by atoms with Crippen molar-refractivity contribution in [2.45, 2.75) is 25.9 Å². The maximum absolute atomic E-state index is 12.4. The molecule has 3 aromatic rings. The average Bonchev–Trinajstić information content (AvgIpc) is 3.24. The zero-order valence-corrected chi connectivity index (χ0v) is 18.0. The van der Waals surface area contributed by atoms with E-state index < -0.39 is 0 Å². The summed E-state index contributed by atoms with van der Waals surface area (Å²) in [4.78, 5) is 19.5. The number of carbonyl (C=O) groups is 1. The number of amides is 1. The van der Waals surface area contributed by atoms with Gasteiger partial charge in [-0.15, -0.1) is 11.3 Å². The van der Waals surface area contributed by atoms with Crippen molar-refractivity contribution in [1.29, 1.82) is 0 Å². The summed E-state index contributed by atoms with van der Waals surface area (Å²) in [5, 5.41) is 5.98. The van der Waals surface area contributed by atoms with Crippen molar-refractivity contribution in [2.24, 2.45) is 0 Å². The summed E-state index contributed by atoms with van der Waals surface area (Å²) in [7, 11) is 0. The highest BCUT2D eigenvalue weighted by Crippen LogP contribution is 2.25. The number of nitrogens with zero attached hydrogens (tertiary/aromatic N) is 2. The van der Waals surface area contributed by atoms with Gasteiger partial charge in [0, 0.05) is 30.6 Å². The Labute approximate surface area is 181 Å². The third kappa shape index (κ3) is 5.53. The Morgan fingerprint density at radius 3 is 2.60 bits per heavy atom. The third-order valence-electron chi connectivity index (χ3n) is 5.28. The first kappa shape index (κ1) is 20.7. The summed E-state index contributed by atoms with van der Waals surface area (Å²) in [6.45, 7) is 6.56. The molecule has 1 atom stereocenters. The van der Waals surface area contributed by atoms with Gasteiger partial charge in [0.05, 0.1) is 31.4 Å². The van der Waals surface area contributed by atoms with Crippen LogP contribution in [-0.2, 0) is 22.5 Å². The van der Waals surface area contributed by atoms with Gasteiger partial charge in [-0.1, -0.05) is 54.6 Å². The molecule has 5 nitrogen and oxygen atoms in total. The molecule has 0 radical (unpaired) electrons. The SMILES string of the molecule is CC(NC(=O)Cc1csc(-c2ccc(CN3CCOCC3)cc2)n1)c1ccccc1. The lowest BCUT2D eigenvalue weighted by Crippen LogP contribution is -2.35. The maximum Gasteiger partial charge on any atom is 0.226 e. The first-order valence-corrected chi connectivity index (χ1v) is 11.2. The van der Waals surface area contributed by atoms with E-state index in [0.717, 1.165) is 54.7 Å². The predicted octanol–water partition coefficient (Wildman–Crippen LogP) is 4.06. The van der Waals surface area contributed by atoms with E-state index in [4.69, 9.17) is 4.74 Å². The van der Waals surface area contributed by atoms with Gasteiger partial charge in [-0.25, -0.2) is 4.98 Å². The Balaban J connectivity index is 1.32. The Morgan fingerprint density at radius 1 is 1.13 bits per heavy atom. The van der Waals surface area contributed by atoms with Crippen LogP contribution in [0.1, 0.15) is 29.8 Å². The minimum absolute atomic E-state index is 0.0101. The summed E-state index contributed by atoms with van der Waals surface area (Å²) in [6, 6.07) is 18.5. The summed E-state index contributed by atoms with van der Waals surface area (Å²) in [5.41, 5.74) is 4.30.